The molecular formula is C15H14N2OS3. The molecule has 3 nitrogen and oxygen atoms in total. The van der Waals surface area contributed by atoms with Crippen LogP contribution < -0.4 is 5.56 Å². The van der Waals surface area contributed by atoms with Gasteiger partial charge < -0.3 is 0 Å². The van der Waals surface area contributed by atoms with Crippen LogP contribution in [0.3, 0.4) is 0 Å². The van der Waals surface area contributed by atoms with Crippen LogP contribution in [-0.2, 0) is 11.5 Å². The number of hydrogen-bond donors (Lipinski definition) is 0. The molecule has 0 saturated heterocycles. The summed E-state index contributed by atoms with van der Waals surface area (Å²) in [5.41, 5.74) is 2.15. The molecule has 0 radical (unpaired) electrons. The Morgan fingerprint density at radius 1 is 1.24 bits per heavy atom. The Labute approximate surface area is 135 Å². The van der Waals surface area contributed by atoms with Gasteiger partial charge in [-0.15, -0.1) is 23.1 Å². The predicted molar refractivity (Wildman–Crippen MR) is 92.6 cm³/mol. The Bertz CT molecular complexity index is 793. The molecule has 1 aromatic carbocycles. The molecule has 3 rings (SSSR count). The molecule has 0 aliphatic heterocycles. The molecule has 2 heterocycles. The van der Waals surface area contributed by atoms with Crippen molar-refractivity contribution in [2.75, 3.05) is 6.26 Å². The van der Waals surface area contributed by atoms with Crippen molar-refractivity contribution in [1.82, 2.24) is 9.38 Å². The van der Waals surface area contributed by atoms with Gasteiger partial charge in [0.1, 0.15) is 0 Å². The Morgan fingerprint density at radius 3 is 2.81 bits per heavy atom. The minimum Gasteiger partial charge on any atom is -0.269 e. The lowest BCUT2D eigenvalue weighted by molar-refractivity contribution is 1.04. The van der Waals surface area contributed by atoms with Crippen molar-refractivity contribution in [3.8, 4) is 0 Å². The Balaban J connectivity index is 1.64. The highest BCUT2D eigenvalue weighted by atomic mass is 32.2. The van der Waals surface area contributed by atoms with Crippen LogP contribution >= 0.6 is 34.9 Å². The van der Waals surface area contributed by atoms with Crippen molar-refractivity contribution in [2.24, 2.45) is 0 Å². The smallest absolute Gasteiger partial charge is 0.258 e. The molecule has 0 aliphatic rings. The van der Waals surface area contributed by atoms with Crippen molar-refractivity contribution < 1.29 is 0 Å². The van der Waals surface area contributed by atoms with Gasteiger partial charge in [-0.25, -0.2) is 4.98 Å². The molecule has 0 saturated carbocycles. The van der Waals surface area contributed by atoms with Crippen LogP contribution in [0.25, 0.3) is 4.96 Å². The zero-order chi connectivity index (χ0) is 14.7. The van der Waals surface area contributed by atoms with Gasteiger partial charge in [-0.05, 0) is 24.0 Å². The van der Waals surface area contributed by atoms with E-state index < -0.39 is 0 Å². The van der Waals surface area contributed by atoms with Gasteiger partial charge in [0.2, 0.25) is 0 Å². The summed E-state index contributed by atoms with van der Waals surface area (Å²) < 4.78 is 1.58. The first kappa shape index (κ1) is 14.7. The van der Waals surface area contributed by atoms with E-state index in [9.17, 15) is 4.79 Å². The molecule has 0 aliphatic carbocycles. The molecule has 21 heavy (non-hydrogen) atoms. The molecular weight excluding hydrogens is 320 g/mol. The van der Waals surface area contributed by atoms with Gasteiger partial charge in [0.05, 0.1) is 5.69 Å². The first-order valence-electron chi connectivity index (χ1n) is 6.43. The highest BCUT2D eigenvalue weighted by Gasteiger charge is 2.03. The summed E-state index contributed by atoms with van der Waals surface area (Å²) in [7, 11) is 0. The summed E-state index contributed by atoms with van der Waals surface area (Å²) in [5.74, 6) is 1.69. The van der Waals surface area contributed by atoms with Crippen LogP contribution in [0.4, 0.5) is 0 Å². The zero-order valence-electron chi connectivity index (χ0n) is 11.5. The van der Waals surface area contributed by atoms with E-state index in [2.05, 4.69) is 35.5 Å². The van der Waals surface area contributed by atoms with Crippen LogP contribution in [0.2, 0.25) is 0 Å². The molecule has 0 spiro atoms. The molecule has 0 amide bonds. The Morgan fingerprint density at radius 2 is 2.05 bits per heavy atom. The van der Waals surface area contributed by atoms with Crippen LogP contribution in [-0.4, -0.2) is 15.6 Å². The zero-order valence-corrected chi connectivity index (χ0v) is 13.9. The average molecular weight is 334 g/mol. The van der Waals surface area contributed by atoms with Crippen LogP contribution in [0, 0.1) is 0 Å². The minimum atomic E-state index is 0.00109. The van der Waals surface area contributed by atoms with Gasteiger partial charge in [-0.1, -0.05) is 12.1 Å². The van der Waals surface area contributed by atoms with E-state index in [-0.39, 0.29) is 5.56 Å². The first-order valence-corrected chi connectivity index (χ1v) is 9.68. The fraction of sp³-hybridized carbons (Fsp3) is 0.200. The summed E-state index contributed by atoms with van der Waals surface area (Å²) in [4.78, 5) is 18.4. The number of thioether (sulfide) groups is 2. The minimum absolute atomic E-state index is 0.00109. The van der Waals surface area contributed by atoms with E-state index in [4.69, 9.17) is 0 Å². The monoisotopic (exact) mass is 334 g/mol. The number of thiazole rings is 1. The van der Waals surface area contributed by atoms with Crippen LogP contribution in [0.5, 0.6) is 0 Å². The summed E-state index contributed by atoms with van der Waals surface area (Å²) in [6.45, 7) is 0. The molecule has 0 fully saturated rings. The highest BCUT2D eigenvalue weighted by Crippen LogP contribution is 2.20. The molecule has 0 unspecified atom stereocenters. The maximum atomic E-state index is 11.9. The summed E-state index contributed by atoms with van der Waals surface area (Å²) in [6, 6.07) is 10.2. The largest absolute Gasteiger partial charge is 0.269 e. The lowest BCUT2D eigenvalue weighted by Crippen LogP contribution is -2.12. The molecule has 6 heteroatoms. The fourth-order valence-corrected chi connectivity index (χ4v) is 3.99. The fourth-order valence-electron chi connectivity index (χ4n) is 1.96. The van der Waals surface area contributed by atoms with Gasteiger partial charge in [-0.2, -0.15) is 11.8 Å². The van der Waals surface area contributed by atoms with E-state index >= 15 is 0 Å². The van der Waals surface area contributed by atoms with Crippen molar-refractivity contribution in [2.45, 2.75) is 16.4 Å². The normalized spacial score (nSPS) is 11.1. The van der Waals surface area contributed by atoms with Crippen LogP contribution in [0.1, 0.15) is 11.3 Å². The first-order chi connectivity index (χ1) is 10.3. The van der Waals surface area contributed by atoms with Crippen LogP contribution in [0.15, 0.2) is 51.6 Å². The molecule has 0 N–H and O–H groups in total. The van der Waals surface area contributed by atoms with Crippen molar-refractivity contribution in [3.05, 3.63) is 63.5 Å². The van der Waals surface area contributed by atoms with Crippen molar-refractivity contribution in [1.29, 1.82) is 0 Å². The second kappa shape index (κ2) is 6.68. The van der Waals surface area contributed by atoms with Crippen molar-refractivity contribution >= 4 is 39.8 Å². The molecule has 2 aromatic heterocycles. The van der Waals surface area contributed by atoms with E-state index in [1.54, 1.807) is 40.2 Å². The number of hydrogen-bond acceptors (Lipinski definition) is 5. The lowest BCUT2D eigenvalue weighted by atomic mass is 10.2. The Hall–Kier alpha value is -1.24. The van der Waals surface area contributed by atoms with Gasteiger partial charge in [0.15, 0.2) is 4.96 Å². The summed E-state index contributed by atoms with van der Waals surface area (Å²) in [5, 5.41) is 1.88. The van der Waals surface area contributed by atoms with Gasteiger partial charge >= 0.3 is 0 Å². The molecule has 108 valence electrons. The van der Waals surface area contributed by atoms with Gasteiger partial charge in [0, 0.05) is 34.0 Å². The van der Waals surface area contributed by atoms with Gasteiger partial charge in [-0.3, -0.25) is 9.20 Å². The van der Waals surface area contributed by atoms with Crippen molar-refractivity contribution in [3.63, 3.8) is 0 Å². The highest BCUT2D eigenvalue weighted by molar-refractivity contribution is 7.98. The number of fused-ring (bicyclic) bond motifs is 1. The summed E-state index contributed by atoms with van der Waals surface area (Å²) in [6.07, 6.45) is 3.84. The lowest BCUT2D eigenvalue weighted by Gasteiger charge is -2.03. The number of benzene rings is 1. The second-order valence-electron chi connectivity index (χ2n) is 4.48. The van der Waals surface area contributed by atoms with E-state index in [1.165, 1.54) is 21.8 Å². The third-order valence-electron chi connectivity index (χ3n) is 3.03. The topological polar surface area (TPSA) is 34.4 Å². The quantitative estimate of drug-likeness (QED) is 0.663. The molecule has 3 aromatic rings. The number of rotatable bonds is 5. The van der Waals surface area contributed by atoms with Gasteiger partial charge in [0.25, 0.3) is 5.56 Å². The second-order valence-corrected chi connectivity index (χ2v) is 7.22. The molecule has 0 atom stereocenters. The maximum absolute atomic E-state index is 11.9. The third kappa shape index (κ3) is 3.51. The standard InChI is InChI=1S/C15H14N2OS3/c1-19-13-4-2-11(3-5-13)9-20-10-12-8-14(18)17-6-7-21-15(17)16-12/h2-8H,9-10H2,1H3. The predicted octanol–water partition coefficient (Wildman–Crippen LogP) is 3.91. The maximum Gasteiger partial charge on any atom is 0.258 e. The van der Waals surface area contributed by atoms with E-state index in [1.807, 2.05) is 5.38 Å². The third-order valence-corrected chi connectivity index (χ3v) is 5.57. The summed E-state index contributed by atoms with van der Waals surface area (Å²) >= 11 is 5.02. The molecule has 0 bridgehead atoms. The average Bonchev–Trinajstić information content (AvgIpc) is 2.97. The van der Waals surface area contributed by atoms with E-state index in [0.717, 1.165) is 22.2 Å². The number of nitrogens with zero attached hydrogens (tertiary/aromatic N) is 2. The SMILES string of the molecule is CSc1ccc(CSCc2cc(=O)n3ccsc3n2)cc1. The van der Waals surface area contributed by atoms with E-state index in [0.29, 0.717) is 0 Å². The number of aromatic nitrogens is 2. The Kier molecular flexibility index (Phi) is 4.67.